The number of ether oxygens (including phenoxy) is 1. The average molecular weight is 290 g/mol. The van der Waals surface area contributed by atoms with Crippen molar-refractivity contribution in [2.45, 2.75) is 19.9 Å². The molecule has 5 nitrogen and oxygen atoms in total. The molecule has 0 spiro atoms. The van der Waals surface area contributed by atoms with Crippen LogP contribution in [0.1, 0.15) is 29.5 Å². The molecule has 0 saturated heterocycles. The van der Waals surface area contributed by atoms with E-state index in [1.807, 2.05) is 25.1 Å². The first kappa shape index (κ1) is 16.8. The van der Waals surface area contributed by atoms with E-state index in [-0.39, 0.29) is 11.9 Å². The van der Waals surface area contributed by atoms with Crippen LogP contribution in [0.2, 0.25) is 0 Å². The zero-order valence-electron chi connectivity index (χ0n) is 12.8. The Balaban J connectivity index is 2.88. The summed E-state index contributed by atoms with van der Waals surface area (Å²) in [7, 11) is 3.13. The lowest BCUT2D eigenvalue weighted by molar-refractivity contribution is -0.126. The number of hydrogen-bond acceptors (Lipinski definition) is 3. The zero-order chi connectivity index (χ0) is 15.8. The van der Waals surface area contributed by atoms with E-state index < -0.39 is 0 Å². The number of amides is 1. The lowest BCUT2D eigenvalue weighted by atomic mass is 10.3. The standard InChI is InChI=1S/C16H22N2O3/c1-5-7-8-11-18(15(19)6-2)12-13-9-10-14(17(13)3)16(20)21-4/h5-7,9-10H,2,8,11-12H2,1,3-4H3/b7-5+. The van der Waals surface area contributed by atoms with Gasteiger partial charge in [0.15, 0.2) is 0 Å². The first-order chi connectivity index (χ1) is 10.0. The molecule has 21 heavy (non-hydrogen) atoms. The van der Waals surface area contributed by atoms with Gasteiger partial charge in [-0.1, -0.05) is 18.7 Å². The third kappa shape index (κ3) is 4.34. The normalized spacial score (nSPS) is 10.6. The van der Waals surface area contributed by atoms with Crippen LogP contribution in [0.25, 0.3) is 0 Å². The summed E-state index contributed by atoms with van der Waals surface area (Å²) >= 11 is 0. The number of rotatable bonds is 7. The molecule has 0 aliphatic carbocycles. The Bertz CT molecular complexity index is 544. The molecular weight excluding hydrogens is 268 g/mol. The van der Waals surface area contributed by atoms with Crippen LogP contribution in [0.4, 0.5) is 0 Å². The van der Waals surface area contributed by atoms with E-state index >= 15 is 0 Å². The summed E-state index contributed by atoms with van der Waals surface area (Å²) in [6, 6.07) is 3.52. The summed E-state index contributed by atoms with van der Waals surface area (Å²) in [4.78, 5) is 25.2. The molecule has 5 heteroatoms. The van der Waals surface area contributed by atoms with Gasteiger partial charge in [0.25, 0.3) is 0 Å². The molecule has 0 N–H and O–H groups in total. The Kier molecular flexibility index (Phi) is 6.46. The van der Waals surface area contributed by atoms with Crippen LogP contribution in [0.15, 0.2) is 36.9 Å². The number of carbonyl (C=O) groups is 2. The summed E-state index contributed by atoms with van der Waals surface area (Å²) in [6.45, 7) is 6.51. The number of nitrogens with zero attached hydrogens (tertiary/aromatic N) is 2. The third-order valence-electron chi connectivity index (χ3n) is 3.26. The van der Waals surface area contributed by atoms with Gasteiger partial charge in [-0.15, -0.1) is 0 Å². The SMILES string of the molecule is C=CC(=O)N(CC/C=C/C)Cc1ccc(C(=O)OC)n1C. The van der Waals surface area contributed by atoms with Crippen molar-refractivity contribution in [3.05, 3.63) is 48.3 Å². The van der Waals surface area contributed by atoms with Crippen LogP contribution < -0.4 is 0 Å². The highest BCUT2D eigenvalue weighted by atomic mass is 16.5. The summed E-state index contributed by atoms with van der Waals surface area (Å²) in [5.74, 6) is -0.514. The van der Waals surface area contributed by atoms with Crippen molar-refractivity contribution in [3.63, 3.8) is 0 Å². The molecule has 1 aromatic heterocycles. The highest BCUT2D eigenvalue weighted by molar-refractivity contribution is 5.88. The largest absolute Gasteiger partial charge is 0.464 e. The fourth-order valence-electron chi connectivity index (χ4n) is 2.01. The van der Waals surface area contributed by atoms with Crippen molar-refractivity contribution in [2.75, 3.05) is 13.7 Å². The van der Waals surface area contributed by atoms with Gasteiger partial charge in [0.2, 0.25) is 5.91 Å². The molecule has 0 atom stereocenters. The minimum absolute atomic E-state index is 0.125. The van der Waals surface area contributed by atoms with Gasteiger partial charge in [0, 0.05) is 19.3 Å². The van der Waals surface area contributed by atoms with Gasteiger partial charge in [-0.25, -0.2) is 4.79 Å². The minimum atomic E-state index is -0.390. The quantitative estimate of drug-likeness (QED) is 0.440. The Morgan fingerprint density at radius 2 is 2.14 bits per heavy atom. The molecular formula is C16H22N2O3. The molecule has 1 amide bonds. The Labute approximate surface area is 125 Å². The number of allylic oxidation sites excluding steroid dienone is 1. The number of esters is 1. The van der Waals surface area contributed by atoms with Crippen molar-refractivity contribution in [1.29, 1.82) is 0 Å². The van der Waals surface area contributed by atoms with Crippen LogP contribution in [0, 0.1) is 0 Å². The molecule has 1 rings (SSSR count). The molecule has 0 aromatic carbocycles. The maximum atomic E-state index is 11.9. The van der Waals surface area contributed by atoms with E-state index in [0.717, 1.165) is 12.1 Å². The summed E-state index contributed by atoms with van der Waals surface area (Å²) in [5.41, 5.74) is 1.33. The second-order valence-corrected chi connectivity index (χ2v) is 4.58. The molecule has 0 saturated carbocycles. The van der Waals surface area contributed by atoms with E-state index in [1.54, 1.807) is 22.6 Å². The van der Waals surface area contributed by atoms with Crippen molar-refractivity contribution in [2.24, 2.45) is 7.05 Å². The predicted molar refractivity (Wildman–Crippen MR) is 81.8 cm³/mol. The predicted octanol–water partition coefficient (Wildman–Crippen LogP) is 2.29. The molecule has 0 bridgehead atoms. The molecule has 1 aromatic rings. The summed E-state index contributed by atoms with van der Waals surface area (Å²) < 4.78 is 6.46. The molecule has 0 aliphatic heterocycles. The third-order valence-corrected chi connectivity index (χ3v) is 3.26. The molecule has 0 aliphatic rings. The van der Waals surface area contributed by atoms with Crippen LogP contribution in [-0.2, 0) is 23.1 Å². The van der Waals surface area contributed by atoms with Crippen molar-refractivity contribution in [1.82, 2.24) is 9.47 Å². The van der Waals surface area contributed by atoms with Crippen molar-refractivity contribution >= 4 is 11.9 Å². The number of aromatic nitrogens is 1. The van der Waals surface area contributed by atoms with E-state index in [4.69, 9.17) is 4.74 Å². The fraction of sp³-hybridized carbons (Fsp3) is 0.375. The smallest absolute Gasteiger partial charge is 0.354 e. The lowest BCUT2D eigenvalue weighted by Crippen LogP contribution is -2.30. The average Bonchev–Trinajstić information content (AvgIpc) is 2.86. The molecule has 0 radical (unpaired) electrons. The van der Waals surface area contributed by atoms with E-state index in [2.05, 4.69) is 6.58 Å². The number of methoxy groups -OCH3 is 1. The van der Waals surface area contributed by atoms with Crippen LogP contribution in [0.5, 0.6) is 0 Å². The summed E-state index contributed by atoms with van der Waals surface area (Å²) in [5, 5.41) is 0. The number of hydrogen-bond donors (Lipinski definition) is 0. The maximum absolute atomic E-state index is 11.9. The van der Waals surface area contributed by atoms with Gasteiger partial charge in [0.1, 0.15) is 5.69 Å². The first-order valence-electron chi connectivity index (χ1n) is 6.80. The van der Waals surface area contributed by atoms with Crippen LogP contribution in [-0.4, -0.2) is 35.0 Å². The second kappa shape index (κ2) is 8.09. The summed E-state index contributed by atoms with van der Waals surface area (Å²) in [6.07, 6.45) is 6.05. The first-order valence-corrected chi connectivity index (χ1v) is 6.80. The van der Waals surface area contributed by atoms with Gasteiger partial charge in [0.05, 0.1) is 13.7 Å². The van der Waals surface area contributed by atoms with Gasteiger partial charge in [-0.3, -0.25) is 4.79 Å². The zero-order valence-corrected chi connectivity index (χ0v) is 12.8. The highest BCUT2D eigenvalue weighted by Crippen LogP contribution is 2.12. The van der Waals surface area contributed by atoms with Crippen molar-refractivity contribution in [3.8, 4) is 0 Å². The second-order valence-electron chi connectivity index (χ2n) is 4.58. The van der Waals surface area contributed by atoms with Crippen LogP contribution in [0.3, 0.4) is 0 Å². The monoisotopic (exact) mass is 290 g/mol. The minimum Gasteiger partial charge on any atom is -0.464 e. The molecule has 1 heterocycles. The van der Waals surface area contributed by atoms with Gasteiger partial charge in [-0.2, -0.15) is 0 Å². The Morgan fingerprint density at radius 3 is 2.71 bits per heavy atom. The van der Waals surface area contributed by atoms with E-state index in [9.17, 15) is 9.59 Å². The maximum Gasteiger partial charge on any atom is 0.354 e. The Hall–Kier alpha value is -2.30. The highest BCUT2D eigenvalue weighted by Gasteiger charge is 2.16. The molecule has 0 fully saturated rings. The topological polar surface area (TPSA) is 51.5 Å². The lowest BCUT2D eigenvalue weighted by Gasteiger charge is -2.21. The fourth-order valence-corrected chi connectivity index (χ4v) is 2.01. The van der Waals surface area contributed by atoms with Gasteiger partial charge >= 0.3 is 5.97 Å². The molecule has 0 unspecified atom stereocenters. The van der Waals surface area contributed by atoms with Gasteiger partial charge in [-0.05, 0) is 31.6 Å². The van der Waals surface area contributed by atoms with E-state index in [1.165, 1.54) is 13.2 Å². The number of carbonyl (C=O) groups excluding carboxylic acids is 2. The molecule has 114 valence electrons. The van der Waals surface area contributed by atoms with Crippen LogP contribution >= 0.6 is 0 Å². The van der Waals surface area contributed by atoms with Gasteiger partial charge < -0.3 is 14.2 Å². The Morgan fingerprint density at radius 1 is 1.43 bits per heavy atom. The van der Waals surface area contributed by atoms with Crippen molar-refractivity contribution < 1.29 is 14.3 Å². The van der Waals surface area contributed by atoms with E-state index in [0.29, 0.717) is 18.8 Å².